The Morgan fingerprint density at radius 1 is 1.19 bits per heavy atom. The van der Waals surface area contributed by atoms with Crippen LogP contribution >= 0.6 is 0 Å². The van der Waals surface area contributed by atoms with Crippen molar-refractivity contribution in [3.05, 3.63) is 53.2 Å². The van der Waals surface area contributed by atoms with Crippen molar-refractivity contribution in [3.63, 3.8) is 0 Å². The summed E-state index contributed by atoms with van der Waals surface area (Å²) in [5.41, 5.74) is 11.1. The van der Waals surface area contributed by atoms with Gasteiger partial charge < -0.3 is 16.0 Å². The molecule has 142 valence electrons. The quantitative estimate of drug-likeness (QED) is 0.642. The van der Waals surface area contributed by atoms with Crippen LogP contribution in [0.3, 0.4) is 0 Å². The first-order chi connectivity index (χ1) is 13.2. The third kappa shape index (κ3) is 4.41. The average molecular weight is 364 g/mol. The molecular formula is C22H29N5. The number of rotatable bonds is 4. The third-order valence-corrected chi connectivity index (χ3v) is 5.72. The molecule has 0 radical (unpaired) electrons. The number of hydrogen-bond acceptors (Lipinski definition) is 3. The van der Waals surface area contributed by atoms with Crippen LogP contribution in [0.25, 0.3) is 0 Å². The number of nitrogens with one attached hydrogen (secondary N) is 1. The highest BCUT2D eigenvalue weighted by Crippen LogP contribution is 2.25. The third-order valence-electron chi connectivity index (χ3n) is 5.72. The van der Waals surface area contributed by atoms with Gasteiger partial charge in [-0.25, -0.2) is 9.98 Å². The van der Waals surface area contributed by atoms with Crippen LogP contribution in [-0.2, 0) is 19.4 Å². The minimum atomic E-state index is 0.446. The van der Waals surface area contributed by atoms with Gasteiger partial charge in [-0.15, -0.1) is 0 Å². The standard InChI is InChI=1S/C22H29N5/c1-16-9-11-27(12-10-16)21-8-5-17(14-24-21)15-25-22(23)26-20-7-6-18-3-2-4-19(18)13-20/h5-8,13-14,16H,2-4,9-12,15H2,1H3,(H3,23,25,26). The molecule has 1 aliphatic heterocycles. The number of aryl methyl sites for hydroxylation is 2. The highest BCUT2D eigenvalue weighted by atomic mass is 15.2. The van der Waals surface area contributed by atoms with Crippen LogP contribution in [-0.4, -0.2) is 24.0 Å². The number of fused-ring (bicyclic) bond motifs is 1. The molecule has 0 spiro atoms. The summed E-state index contributed by atoms with van der Waals surface area (Å²) in [4.78, 5) is 11.5. The second-order valence-electron chi connectivity index (χ2n) is 7.86. The zero-order valence-electron chi connectivity index (χ0n) is 16.1. The fourth-order valence-corrected chi connectivity index (χ4v) is 3.95. The molecule has 4 rings (SSSR count). The number of aliphatic imine (C=N–C) groups is 1. The van der Waals surface area contributed by atoms with Crippen LogP contribution in [0.5, 0.6) is 0 Å². The molecule has 0 unspecified atom stereocenters. The van der Waals surface area contributed by atoms with Crippen LogP contribution in [0.1, 0.15) is 42.9 Å². The van der Waals surface area contributed by atoms with Gasteiger partial charge in [0, 0.05) is 25.0 Å². The van der Waals surface area contributed by atoms with Gasteiger partial charge in [-0.1, -0.05) is 19.1 Å². The number of nitrogens with zero attached hydrogens (tertiary/aromatic N) is 3. The smallest absolute Gasteiger partial charge is 0.193 e. The topological polar surface area (TPSA) is 66.5 Å². The zero-order chi connectivity index (χ0) is 18.6. The predicted octanol–water partition coefficient (Wildman–Crippen LogP) is 3.73. The molecule has 2 aliphatic rings. The molecule has 1 fully saturated rings. The molecule has 1 aliphatic carbocycles. The Bertz CT molecular complexity index is 804. The van der Waals surface area contributed by atoms with Crippen molar-refractivity contribution in [2.75, 3.05) is 23.3 Å². The van der Waals surface area contributed by atoms with Crippen LogP contribution in [0, 0.1) is 5.92 Å². The number of aromatic nitrogens is 1. The highest BCUT2D eigenvalue weighted by molar-refractivity contribution is 5.92. The molecule has 1 aromatic heterocycles. The summed E-state index contributed by atoms with van der Waals surface area (Å²) in [5, 5.41) is 3.21. The summed E-state index contributed by atoms with van der Waals surface area (Å²) < 4.78 is 0. The number of piperidine rings is 1. The highest BCUT2D eigenvalue weighted by Gasteiger charge is 2.16. The van der Waals surface area contributed by atoms with Gasteiger partial charge in [-0.05, 0) is 72.9 Å². The lowest BCUT2D eigenvalue weighted by Gasteiger charge is -2.31. The molecule has 0 atom stereocenters. The van der Waals surface area contributed by atoms with Gasteiger partial charge in [0.25, 0.3) is 0 Å². The molecule has 27 heavy (non-hydrogen) atoms. The zero-order valence-corrected chi connectivity index (χ0v) is 16.1. The molecule has 3 N–H and O–H groups in total. The largest absolute Gasteiger partial charge is 0.370 e. The normalized spacial score (nSPS) is 17.8. The van der Waals surface area contributed by atoms with Gasteiger partial charge in [0.05, 0.1) is 6.54 Å². The minimum Gasteiger partial charge on any atom is -0.370 e. The lowest BCUT2D eigenvalue weighted by atomic mass is 9.99. The predicted molar refractivity (Wildman–Crippen MR) is 112 cm³/mol. The summed E-state index contributed by atoms with van der Waals surface area (Å²) in [6, 6.07) is 10.7. The summed E-state index contributed by atoms with van der Waals surface area (Å²) in [6.07, 6.45) is 8.02. The first-order valence-corrected chi connectivity index (χ1v) is 10.1. The van der Waals surface area contributed by atoms with E-state index in [2.05, 4.69) is 57.4 Å². The Morgan fingerprint density at radius 2 is 2.00 bits per heavy atom. The molecule has 0 bridgehead atoms. The van der Waals surface area contributed by atoms with Gasteiger partial charge in [0.2, 0.25) is 0 Å². The van der Waals surface area contributed by atoms with Crippen molar-refractivity contribution in [1.29, 1.82) is 0 Å². The summed E-state index contributed by atoms with van der Waals surface area (Å²) in [6.45, 7) is 5.06. The summed E-state index contributed by atoms with van der Waals surface area (Å²) in [7, 11) is 0. The molecule has 2 heterocycles. The summed E-state index contributed by atoms with van der Waals surface area (Å²) in [5.74, 6) is 2.34. The van der Waals surface area contributed by atoms with Crippen molar-refractivity contribution < 1.29 is 0 Å². The van der Waals surface area contributed by atoms with Gasteiger partial charge >= 0.3 is 0 Å². The van der Waals surface area contributed by atoms with Crippen LogP contribution in [0.4, 0.5) is 11.5 Å². The number of anilines is 2. The van der Waals surface area contributed by atoms with E-state index in [1.807, 2.05) is 6.20 Å². The van der Waals surface area contributed by atoms with Gasteiger partial charge in [0.15, 0.2) is 5.96 Å². The Kier molecular flexibility index (Phi) is 5.28. The van der Waals surface area contributed by atoms with E-state index in [0.717, 1.165) is 42.5 Å². The number of benzene rings is 1. The number of guanidine groups is 1. The lowest BCUT2D eigenvalue weighted by molar-refractivity contribution is 0.436. The van der Waals surface area contributed by atoms with Crippen LogP contribution in [0.2, 0.25) is 0 Å². The first kappa shape index (κ1) is 17.8. The SMILES string of the molecule is CC1CCN(c2ccc(CN=C(N)Nc3ccc4c(c3)CCC4)cn2)CC1. The Hall–Kier alpha value is -2.56. The maximum atomic E-state index is 6.07. The van der Waals surface area contributed by atoms with Gasteiger partial charge in [0.1, 0.15) is 5.82 Å². The molecule has 2 aromatic rings. The van der Waals surface area contributed by atoms with Crippen LogP contribution < -0.4 is 16.0 Å². The number of hydrogen-bond donors (Lipinski definition) is 2. The monoisotopic (exact) mass is 363 g/mol. The molecule has 1 aromatic carbocycles. The Morgan fingerprint density at radius 3 is 2.78 bits per heavy atom. The fourth-order valence-electron chi connectivity index (χ4n) is 3.95. The van der Waals surface area contributed by atoms with Crippen LogP contribution in [0.15, 0.2) is 41.5 Å². The van der Waals surface area contributed by atoms with E-state index >= 15 is 0 Å². The molecule has 0 saturated carbocycles. The number of pyridine rings is 1. The van der Waals surface area contributed by atoms with E-state index in [1.54, 1.807) is 0 Å². The number of nitrogens with two attached hydrogens (primary N) is 1. The second kappa shape index (κ2) is 7.99. The maximum absolute atomic E-state index is 6.07. The molecular weight excluding hydrogens is 334 g/mol. The van der Waals surface area contributed by atoms with Crippen molar-refractivity contribution in [3.8, 4) is 0 Å². The van der Waals surface area contributed by atoms with E-state index in [1.165, 1.54) is 36.8 Å². The van der Waals surface area contributed by atoms with E-state index < -0.39 is 0 Å². The maximum Gasteiger partial charge on any atom is 0.193 e. The summed E-state index contributed by atoms with van der Waals surface area (Å²) >= 11 is 0. The average Bonchev–Trinajstić information content (AvgIpc) is 3.15. The molecule has 1 saturated heterocycles. The molecule has 5 nitrogen and oxygen atoms in total. The first-order valence-electron chi connectivity index (χ1n) is 10.1. The molecule has 0 amide bonds. The molecule has 5 heteroatoms. The van der Waals surface area contributed by atoms with E-state index in [4.69, 9.17) is 5.73 Å². The van der Waals surface area contributed by atoms with E-state index in [-0.39, 0.29) is 0 Å². The Labute approximate surface area is 161 Å². The van der Waals surface area contributed by atoms with Crippen molar-refractivity contribution in [1.82, 2.24) is 4.98 Å². The fraction of sp³-hybridized carbons (Fsp3) is 0.455. The van der Waals surface area contributed by atoms with E-state index in [0.29, 0.717) is 12.5 Å². The second-order valence-corrected chi connectivity index (χ2v) is 7.86. The van der Waals surface area contributed by atoms with Crippen molar-refractivity contribution in [2.45, 2.75) is 45.6 Å². The Balaban J connectivity index is 1.33. The minimum absolute atomic E-state index is 0.446. The van der Waals surface area contributed by atoms with Crippen molar-refractivity contribution >= 4 is 17.5 Å². The van der Waals surface area contributed by atoms with E-state index in [9.17, 15) is 0 Å². The van der Waals surface area contributed by atoms with Gasteiger partial charge in [-0.3, -0.25) is 0 Å². The van der Waals surface area contributed by atoms with Crippen molar-refractivity contribution in [2.24, 2.45) is 16.6 Å². The van der Waals surface area contributed by atoms with Gasteiger partial charge in [-0.2, -0.15) is 0 Å². The lowest BCUT2D eigenvalue weighted by Crippen LogP contribution is -2.33.